The molecule has 0 spiro atoms. The molecule has 4 atom stereocenters. The van der Waals surface area contributed by atoms with Gasteiger partial charge in [0.15, 0.2) is 11.6 Å². The highest BCUT2D eigenvalue weighted by Crippen LogP contribution is 2.26. The molecule has 2 bridgehead atoms. The SMILES string of the molecule is CC1=C[C@@H](O)C[C@H](OC(F)(F)F)Cc2nc(co2)C(=O)N2CCC=C2C(=O)OC(C(C)C)[C@H](C)/C=C/C(=O)NCC=C1. The Morgan fingerprint density at radius 3 is 2.64 bits per heavy atom. The zero-order valence-electron chi connectivity index (χ0n) is 23.9. The van der Waals surface area contributed by atoms with Gasteiger partial charge in [-0.2, -0.15) is 0 Å². The average Bonchev–Trinajstić information content (AvgIpc) is 3.56. The van der Waals surface area contributed by atoms with E-state index in [-0.39, 0.29) is 48.1 Å². The molecular formula is C29H36F3N3O7. The lowest BCUT2D eigenvalue weighted by Gasteiger charge is -2.27. The van der Waals surface area contributed by atoms with Crippen molar-refractivity contribution in [1.29, 1.82) is 0 Å². The largest absolute Gasteiger partial charge is 0.522 e. The second-order valence-electron chi connectivity index (χ2n) is 10.5. The minimum Gasteiger partial charge on any atom is -0.457 e. The first kappa shape index (κ1) is 32.8. The predicted octanol–water partition coefficient (Wildman–Crippen LogP) is 4.00. The van der Waals surface area contributed by atoms with Crippen LogP contribution in [0.4, 0.5) is 13.2 Å². The third kappa shape index (κ3) is 9.69. The number of aliphatic hydroxyl groups excluding tert-OH is 1. The third-order valence-corrected chi connectivity index (χ3v) is 6.61. The zero-order chi connectivity index (χ0) is 31.0. The molecule has 0 saturated heterocycles. The van der Waals surface area contributed by atoms with Crippen LogP contribution >= 0.6 is 0 Å². The van der Waals surface area contributed by atoms with Gasteiger partial charge in [0.25, 0.3) is 5.91 Å². The zero-order valence-corrected chi connectivity index (χ0v) is 23.9. The number of nitrogens with one attached hydrogen (secondary N) is 1. The van der Waals surface area contributed by atoms with E-state index in [2.05, 4.69) is 15.0 Å². The van der Waals surface area contributed by atoms with Crippen LogP contribution in [-0.4, -0.2) is 70.5 Å². The first-order chi connectivity index (χ1) is 19.7. The second-order valence-corrected chi connectivity index (χ2v) is 10.5. The van der Waals surface area contributed by atoms with E-state index in [0.717, 1.165) is 6.26 Å². The Labute approximate surface area is 241 Å². The predicted molar refractivity (Wildman–Crippen MR) is 144 cm³/mol. The van der Waals surface area contributed by atoms with E-state index in [9.17, 15) is 32.7 Å². The molecule has 13 heteroatoms. The smallest absolute Gasteiger partial charge is 0.457 e. The molecule has 2 N–H and O–H groups in total. The monoisotopic (exact) mass is 595 g/mol. The number of ether oxygens (including phenoxy) is 2. The Bertz CT molecular complexity index is 1250. The van der Waals surface area contributed by atoms with Gasteiger partial charge in [-0.1, -0.05) is 56.7 Å². The van der Waals surface area contributed by atoms with E-state index in [0.29, 0.717) is 12.0 Å². The summed E-state index contributed by atoms with van der Waals surface area (Å²) in [5.74, 6) is -2.45. The maximum Gasteiger partial charge on any atom is 0.522 e. The van der Waals surface area contributed by atoms with Gasteiger partial charge in [-0.15, -0.1) is 13.2 Å². The van der Waals surface area contributed by atoms with E-state index >= 15 is 0 Å². The van der Waals surface area contributed by atoms with Crippen LogP contribution in [0.2, 0.25) is 0 Å². The fourth-order valence-electron chi connectivity index (χ4n) is 4.71. The maximum absolute atomic E-state index is 13.2. The van der Waals surface area contributed by atoms with Crippen molar-refractivity contribution in [3.63, 3.8) is 0 Å². The van der Waals surface area contributed by atoms with Crippen LogP contribution in [0.15, 0.2) is 58.4 Å². The van der Waals surface area contributed by atoms with Crippen molar-refractivity contribution < 1.29 is 46.6 Å². The van der Waals surface area contributed by atoms with Gasteiger partial charge in [0.05, 0.1) is 18.6 Å². The van der Waals surface area contributed by atoms with Gasteiger partial charge in [-0.05, 0) is 25.3 Å². The molecule has 0 fully saturated rings. The van der Waals surface area contributed by atoms with E-state index in [1.54, 1.807) is 38.2 Å². The summed E-state index contributed by atoms with van der Waals surface area (Å²) in [5.41, 5.74) is 0.349. The summed E-state index contributed by atoms with van der Waals surface area (Å²) in [4.78, 5) is 43.9. The van der Waals surface area contributed by atoms with Crippen LogP contribution in [0.5, 0.6) is 0 Å². The van der Waals surface area contributed by atoms with Crippen molar-refractivity contribution in [1.82, 2.24) is 15.2 Å². The lowest BCUT2D eigenvalue weighted by molar-refractivity contribution is -0.344. The Morgan fingerprint density at radius 2 is 1.95 bits per heavy atom. The summed E-state index contributed by atoms with van der Waals surface area (Å²) in [6, 6.07) is 0. The molecule has 230 valence electrons. The first-order valence-electron chi connectivity index (χ1n) is 13.6. The molecule has 1 unspecified atom stereocenters. The van der Waals surface area contributed by atoms with Gasteiger partial charge in [-0.3, -0.25) is 14.3 Å². The van der Waals surface area contributed by atoms with Gasteiger partial charge in [-0.25, -0.2) is 9.78 Å². The van der Waals surface area contributed by atoms with E-state index in [4.69, 9.17) is 9.15 Å². The number of oxazole rings is 1. The van der Waals surface area contributed by atoms with Crippen molar-refractivity contribution in [3.05, 3.63) is 65.6 Å². The molecule has 1 aromatic heterocycles. The summed E-state index contributed by atoms with van der Waals surface area (Å²) in [5, 5.41) is 13.1. The highest BCUT2D eigenvalue weighted by atomic mass is 19.4. The normalized spacial score (nSPS) is 26.3. The van der Waals surface area contributed by atoms with Crippen molar-refractivity contribution in [2.24, 2.45) is 11.8 Å². The third-order valence-electron chi connectivity index (χ3n) is 6.61. The highest BCUT2D eigenvalue weighted by molar-refractivity contribution is 6.00. The van der Waals surface area contributed by atoms with Gasteiger partial charge in [0.2, 0.25) is 5.91 Å². The summed E-state index contributed by atoms with van der Waals surface area (Å²) in [6.45, 7) is 7.51. The Hall–Kier alpha value is -3.71. The number of aromatic nitrogens is 1. The lowest BCUT2D eigenvalue weighted by Crippen LogP contribution is -2.36. The number of rotatable bonds is 2. The lowest BCUT2D eigenvalue weighted by atomic mass is 9.94. The van der Waals surface area contributed by atoms with Crippen LogP contribution in [0, 0.1) is 11.8 Å². The molecule has 2 aliphatic rings. The van der Waals surface area contributed by atoms with Crippen molar-refractivity contribution >= 4 is 17.8 Å². The number of amides is 2. The number of hydrogen-bond acceptors (Lipinski definition) is 8. The number of hydrogen-bond donors (Lipinski definition) is 2. The summed E-state index contributed by atoms with van der Waals surface area (Å²) < 4.78 is 54.6. The van der Waals surface area contributed by atoms with Gasteiger partial charge in [0, 0.05) is 25.4 Å². The number of carbonyl (C=O) groups excluding carboxylic acids is 3. The van der Waals surface area contributed by atoms with E-state index < -0.39 is 49.4 Å². The average molecular weight is 596 g/mol. The molecule has 0 aromatic carbocycles. The molecule has 42 heavy (non-hydrogen) atoms. The standard InChI is InChI=1S/C29H36F3N3O7/c1-17(2)26-19(4)9-10-24(37)33-11-5-7-18(3)13-20(36)14-21(42-29(30,31)32)15-25-34-22(16-40-25)27(38)35-12-6-8-23(35)28(39)41-26/h5,7-10,13,16-17,19-21,26,36H,6,11-12,14-15H2,1-4H3,(H,33,37)/b7-5?,10-9+,18-13?/t19-,20-,21+,26?/m1/s1. The quantitative estimate of drug-likeness (QED) is 0.491. The first-order valence-corrected chi connectivity index (χ1v) is 13.6. The topological polar surface area (TPSA) is 131 Å². The number of alkyl halides is 3. The molecule has 3 rings (SSSR count). The van der Waals surface area contributed by atoms with Crippen LogP contribution in [0.3, 0.4) is 0 Å². The number of nitrogens with zero attached hydrogens (tertiary/aromatic N) is 2. The van der Waals surface area contributed by atoms with E-state index in [1.165, 1.54) is 17.1 Å². The highest BCUT2D eigenvalue weighted by Gasteiger charge is 2.36. The summed E-state index contributed by atoms with van der Waals surface area (Å²) >= 11 is 0. The van der Waals surface area contributed by atoms with Gasteiger partial charge in [0.1, 0.15) is 18.1 Å². The second kappa shape index (κ2) is 14.5. The maximum atomic E-state index is 13.2. The molecule has 0 radical (unpaired) electrons. The molecule has 2 aliphatic heterocycles. The number of esters is 1. The van der Waals surface area contributed by atoms with E-state index in [1.807, 2.05) is 13.8 Å². The Balaban J connectivity index is 1.92. The minimum absolute atomic E-state index is 0.0119. The van der Waals surface area contributed by atoms with Crippen LogP contribution in [0.1, 0.15) is 56.9 Å². The molecule has 2 amide bonds. The number of fused-ring (bicyclic) bond motifs is 3. The molecule has 0 aliphatic carbocycles. The fraction of sp³-hybridized carbons (Fsp3) is 0.517. The van der Waals surface area contributed by atoms with Gasteiger partial charge < -0.3 is 24.5 Å². The summed E-state index contributed by atoms with van der Waals surface area (Å²) in [6.07, 6.45) is 1.09. The number of cyclic esters (lactones) is 1. The number of carbonyl (C=O) groups is 3. The number of allylic oxidation sites excluding steroid dienone is 2. The van der Waals surface area contributed by atoms with Crippen LogP contribution < -0.4 is 5.32 Å². The van der Waals surface area contributed by atoms with Gasteiger partial charge >= 0.3 is 12.3 Å². The molecule has 1 aromatic rings. The summed E-state index contributed by atoms with van der Waals surface area (Å²) in [7, 11) is 0. The number of aliphatic hydroxyl groups is 1. The molecule has 10 nitrogen and oxygen atoms in total. The fourth-order valence-corrected chi connectivity index (χ4v) is 4.71. The number of halogens is 3. The van der Waals surface area contributed by atoms with Crippen molar-refractivity contribution in [2.75, 3.05) is 13.1 Å². The molecule has 0 saturated carbocycles. The molecule has 3 heterocycles. The van der Waals surface area contributed by atoms with Crippen molar-refractivity contribution in [2.45, 2.75) is 71.6 Å². The van der Waals surface area contributed by atoms with Crippen molar-refractivity contribution in [3.8, 4) is 0 Å². The Morgan fingerprint density at radius 1 is 1.21 bits per heavy atom. The molecular weight excluding hydrogens is 559 g/mol. The van der Waals surface area contributed by atoms with Crippen LogP contribution in [-0.2, 0) is 25.5 Å². The minimum atomic E-state index is -4.99. The van der Waals surface area contributed by atoms with Crippen LogP contribution in [0.25, 0.3) is 0 Å². The Kier molecular flexibility index (Phi) is 11.3.